The number of rotatable bonds is 8. The smallest absolute Gasteiger partial charge is 0.305 e. The number of aromatic nitrogens is 2. The number of aryl methyl sites for hydroxylation is 2. The largest absolute Gasteiger partial charge is 0.538 e. The van der Waals surface area contributed by atoms with E-state index in [9.17, 15) is 9.90 Å². The molecule has 1 heterocycles. The van der Waals surface area contributed by atoms with Crippen LogP contribution in [-0.2, 0) is 13.6 Å². The summed E-state index contributed by atoms with van der Waals surface area (Å²) in [6.07, 6.45) is 7.16. The maximum absolute atomic E-state index is 11.4. The molecule has 21 heavy (non-hydrogen) atoms. The zero-order valence-electron chi connectivity index (χ0n) is 13.0. The van der Waals surface area contributed by atoms with E-state index in [4.69, 9.17) is 0 Å². The van der Waals surface area contributed by atoms with Crippen molar-refractivity contribution < 1.29 is 14.5 Å². The average molecular weight is 288 g/mol. The lowest BCUT2D eigenvalue weighted by Crippen LogP contribution is -2.42. The van der Waals surface area contributed by atoms with Crippen molar-refractivity contribution in [3.63, 3.8) is 0 Å². The van der Waals surface area contributed by atoms with Crippen molar-refractivity contribution in [2.75, 3.05) is 0 Å². The van der Waals surface area contributed by atoms with Gasteiger partial charge in [0.2, 0.25) is 0 Å². The number of aromatic carboxylic acids is 1. The van der Waals surface area contributed by atoms with Gasteiger partial charge in [0.15, 0.2) is 17.0 Å². The maximum atomic E-state index is 11.4. The van der Waals surface area contributed by atoms with Gasteiger partial charge in [-0.15, -0.1) is 0 Å². The van der Waals surface area contributed by atoms with E-state index in [1.807, 2.05) is 28.8 Å². The topological polar surface area (TPSA) is 48.9 Å². The first-order chi connectivity index (χ1) is 10.2. The summed E-state index contributed by atoms with van der Waals surface area (Å²) in [7, 11) is 1.78. The van der Waals surface area contributed by atoms with Crippen LogP contribution >= 0.6 is 0 Å². The molecule has 4 nitrogen and oxygen atoms in total. The number of carbonyl (C=O) groups excluding carboxylic acids is 1. The highest BCUT2D eigenvalue weighted by Crippen LogP contribution is 2.15. The zero-order chi connectivity index (χ0) is 15.2. The molecule has 0 N–H and O–H groups in total. The van der Waals surface area contributed by atoms with Crippen molar-refractivity contribution in [2.24, 2.45) is 7.05 Å². The van der Waals surface area contributed by atoms with Gasteiger partial charge in [-0.25, -0.2) is 9.13 Å². The fourth-order valence-electron chi connectivity index (χ4n) is 2.91. The molecule has 0 saturated heterocycles. The lowest BCUT2D eigenvalue weighted by atomic mass is 10.1. The summed E-state index contributed by atoms with van der Waals surface area (Å²) in [5.41, 5.74) is 1.90. The van der Waals surface area contributed by atoms with E-state index in [-0.39, 0.29) is 5.82 Å². The zero-order valence-corrected chi connectivity index (χ0v) is 13.0. The highest BCUT2D eigenvalue weighted by Gasteiger charge is 2.22. The minimum atomic E-state index is -1.11. The summed E-state index contributed by atoms with van der Waals surface area (Å²) in [6, 6.07) is 7.79. The number of nitrogens with zero attached hydrogens (tertiary/aromatic N) is 2. The molecule has 0 aliphatic heterocycles. The van der Waals surface area contributed by atoms with Crippen molar-refractivity contribution >= 4 is 17.0 Å². The second-order valence-electron chi connectivity index (χ2n) is 5.58. The van der Waals surface area contributed by atoms with Crippen LogP contribution < -0.4 is 9.67 Å². The number of hydrogen-bond donors (Lipinski definition) is 0. The Morgan fingerprint density at radius 3 is 2.52 bits per heavy atom. The molecule has 4 heteroatoms. The van der Waals surface area contributed by atoms with E-state index < -0.39 is 5.97 Å². The maximum Gasteiger partial charge on any atom is 0.305 e. The van der Waals surface area contributed by atoms with Gasteiger partial charge in [-0.05, 0) is 25.0 Å². The number of para-hydroxylation sites is 2. The second-order valence-corrected chi connectivity index (χ2v) is 5.58. The molecule has 1 aromatic heterocycles. The second kappa shape index (κ2) is 7.25. The van der Waals surface area contributed by atoms with E-state index in [1.165, 1.54) is 25.7 Å². The van der Waals surface area contributed by atoms with Crippen LogP contribution in [0.4, 0.5) is 0 Å². The number of carbonyl (C=O) groups is 1. The van der Waals surface area contributed by atoms with Crippen LogP contribution in [0.3, 0.4) is 0 Å². The summed E-state index contributed by atoms with van der Waals surface area (Å²) in [6.45, 7) is 2.94. The average Bonchev–Trinajstić information content (AvgIpc) is 2.76. The van der Waals surface area contributed by atoms with Gasteiger partial charge in [-0.1, -0.05) is 44.7 Å². The van der Waals surface area contributed by atoms with Gasteiger partial charge in [-0.2, -0.15) is 0 Å². The Bertz CT molecular complexity index is 617. The first kappa shape index (κ1) is 15.5. The Kier molecular flexibility index (Phi) is 5.37. The number of unbranched alkanes of at least 4 members (excludes halogenated alkanes) is 5. The lowest BCUT2D eigenvalue weighted by molar-refractivity contribution is -0.650. The van der Waals surface area contributed by atoms with Crippen LogP contribution in [0.2, 0.25) is 0 Å². The summed E-state index contributed by atoms with van der Waals surface area (Å²) < 4.78 is 3.59. The van der Waals surface area contributed by atoms with E-state index in [1.54, 1.807) is 11.6 Å². The molecule has 2 rings (SSSR count). The Morgan fingerprint density at radius 1 is 1.14 bits per heavy atom. The summed E-state index contributed by atoms with van der Waals surface area (Å²) >= 11 is 0. The first-order valence-corrected chi connectivity index (χ1v) is 7.85. The molecule has 0 aliphatic carbocycles. The molecule has 1 aromatic carbocycles. The van der Waals surface area contributed by atoms with Crippen LogP contribution in [0.15, 0.2) is 24.3 Å². The van der Waals surface area contributed by atoms with Crippen molar-refractivity contribution in [2.45, 2.75) is 52.0 Å². The third-order valence-electron chi connectivity index (χ3n) is 4.03. The first-order valence-electron chi connectivity index (χ1n) is 7.85. The Balaban J connectivity index is 2.14. The number of carboxylic acid groups (broad SMARTS) is 1. The van der Waals surface area contributed by atoms with E-state index in [0.29, 0.717) is 0 Å². The fraction of sp³-hybridized carbons (Fsp3) is 0.529. The van der Waals surface area contributed by atoms with Crippen LogP contribution in [-0.4, -0.2) is 10.5 Å². The van der Waals surface area contributed by atoms with E-state index in [2.05, 4.69) is 6.92 Å². The molecular weight excluding hydrogens is 264 g/mol. The SMILES string of the molecule is CCCCCCCCn1c(C(=O)[O-])[n+](C)c2ccccc21. The Morgan fingerprint density at radius 2 is 1.81 bits per heavy atom. The Hall–Kier alpha value is -1.84. The predicted molar refractivity (Wildman–Crippen MR) is 80.8 cm³/mol. The van der Waals surface area contributed by atoms with Crippen molar-refractivity contribution in [1.29, 1.82) is 0 Å². The standard InChI is InChI=1S/C17H24N2O2/c1-3-4-5-6-7-10-13-19-15-12-9-8-11-14(15)18(2)16(19)17(20)21/h8-9,11-12H,3-7,10,13H2,1-2H3. The molecule has 114 valence electrons. The van der Waals surface area contributed by atoms with Crippen LogP contribution in [0.5, 0.6) is 0 Å². The third-order valence-corrected chi connectivity index (χ3v) is 4.03. The van der Waals surface area contributed by atoms with Crippen molar-refractivity contribution in [3.8, 4) is 0 Å². The molecule has 0 amide bonds. The molecule has 0 spiro atoms. The highest BCUT2D eigenvalue weighted by atomic mass is 16.4. The molecule has 2 aromatic rings. The number of hydrogen-bond acceptors (Lipinski definition) is 2. The van der Waals surface area contributed by atoms with Crippen molar-refractivity contribution in [1.82, 2.24) is 4.57 Å². The predicted octanol–water partition coefficient (Wildman–Crippen LogP) is 2.19. The monoisotopic (exact) mass is 288 g/mol. The molecule has 0 saturated carbocycles. The van der Waals surface area contributed by atoms with Crippen LogP contribution in [0, 0.1) is 0 Å². The lowest BCUT2D eigenvalue weighted by Gasteiger charge is -2.04. The number of imidazole rings is 1. The number of carboxylic acids is 1. The summed E-state index contributed by atoms with van der Waals surface area (Å²) in [5, 5.41) is 11.4. The fourth-order valence-corrected chi connectivity index (χ4v) is 2.91. The van der Waals surface area contributed by atoms with Crippen molar-refractivity contribution in [3.05, 3.63) is 30.1 Å². The molecule has 0 unspecified atom stereocenters. The molecular formula is C17H24N2O2. The molecule has 0 bridgehead atoms. The third kappa shape index (κ3) is 3.43. The van der Waals surface area contributed by atoms with Gasteiger partial charge in [0.05, 0.1) is 13.6 Å². The van der Waals surface area contributed by atoms with Gasteiger partial charge in [0, 0.05) is 0 Å². The molecule has 0 fully saturated rings. The minimum absolute atomic E-state index is 0.254. The van der Waals surface area contributed by atoms with E-state index in [0.717, 1.165) is 30.4 Å². The quantitative estimate of drug-likeness (QED) is 0.552. The minimum Gasteiger partial charge on any atom is -0.538 e. The van der Waals surface area contributed by atoms with Gasteiger partial charge in [0.1, 0.15) is 0 Å². The van der Waals surface area contributed by atoms with Gasteiger partial charge in [-0.3, -0.25) is 0 Å². The van der Waals surface area contributed by atoms with E-state index >= 15 is 0 Å². The number of benzene rings is 1. The molecule has 0 aliphatic rings. The summed E-state index contributed by atoms with van der Waals surface area (Å²) in [4.78, 5) is 11.4. The number of fused-ring (bicyclic) bond motifs is 1. The molecule has 0 radical (unpaired) electrons. The van der Waals surface area contributed by atoms with Gasteiger partial charge in [0.25, 0.3) is 0 Å². The van der Waals surface area contributed by atoms with Crippen LogP contribution in [0.1, 0.15) is 56.1 Å². The van der Waals surface area contributed by atoms with Gasteiger partial charge >= 0.3 is 5.82 Å². The highest BCUT2D eigenvalue weighted by molar-refractivity contribution is 5.85. The summed E-state index contributed by atoms with van der Waals surface area (Å²) in [5.74, 6) is -0.857. The molecule has 0 atom stereocenters. The Labute approximate surface area is 126 Å². The van der Waals surface area contributed by atoms with Gasteiger partial charge < -0.3 is 9.90 Å². The normalized spacial score (nSPS) is 11.1. The van der Waals surface area contributed by atoms with Crippen LogP contribution in [0.25, 0.3) is 11.0 Å².